The summed E-state index contributed by atoms with van der Waals surface area (Å²) in [7, 11) is 0. The number of hydrogen-bond acceptors (Lipinski definition) is 4. The summed E-state index contributed by atoms with van der Waals surface area (Å²) in [5, 5.41) is 3.43. The van der Waals surface area contributed by atoms with Gasteiger partial charge in [0.25, 0.3) is 5.91 Å². The van der Waals surface area contributed by atoms with Gasteiger partial charge in [0, 0.05) is 23.3 Å². The van der Waals surface area contributed by atoms with Gasteiger partial charge in [-0.25, -0.2) is 9.97 Å². The fourth-order valence-electron chi connectivity index (χ4n) is 1.78. The van der Waals surface area contributed by atoms with E-state index in [1.807, 2.05) is 0 Å². The monoisotopic (exact) mass is 304 g/mol. The second kappa shape index (κ2) is 7.04. The topological polar surface area (TPSA) is 80.9 Å². The second-order valence-electron chi connectivity index (χ2n) is 4.61. The highest BCUT2D eigenvalue weighted by Crippen LogP contribution is 2.19. The third-order valence-corrected chi connectivity index (χ3v) is 3.23. The van der Waals surface area contributed by atoms with E-state index in [2.05, 4.69) is 22.2 Å². The highest BCUT2D eigenvalue weighted by atomic mass is 35.5. The van der Waals surface area contributed by atoms with Crippen molar-refractivity contribution in [2.75, 3.05) is 12.3 Å². The Morgan fingerprint density at radius 1 is 1.33 bits per heavy atom. The number of unbranched alkanes of at least 4 members (excludes halogenated alkanes) is 1. The predicted octanol–water partition coefficient (Wildman–Crippen LogP) is 2.91. The SMILES string of the molecule is CCCCNC(=O)c1cnc(-c2ccc(Cl)cc2)nc1N. The largest absolute Gasteiger partial charge is 0.383 e. The number of nitrogen functional groups attached to an aromatic ring is 1. The number of nitrogens with one attached hydrogen (secondary N) is 1. The van der Waals surface area contributed by atoms with Crippen LogP contribution in [0.15, 0.2) is 30.5 Å². The molecule has 0 saturated heterocycles. The normalized spacial score (nSPS) is 10.4. The average molecular weight is 305 g/mol. The van der Waals surface area contributed by atoms with Gasteiger partial charge in [-0.15, -0.1) is 0 Å². The van der Waals surface area contributed by atoms with Gasteiger partial charge in [0.1, 0.15) is 5.82 Å². The summed E-state index contributed by atoms with van der Waals surface area (Å²) in [5.74, 6) is 0.391. The Kier molecular flexibility index (Phi) is 5.11. The minimum Gasteiger partial charge on any atom is -0.383 e. The molecule has 0 spiro atoms. The average Bonchev–Trinajstić information content (AvgIpc) is 2.48. The fraction of sp³-hybridized carbons (Fsp3) is 0.267. The van der Waals surface area contributed by atoms with Crippen LogP contribution in [0.25, 0.3) is 11.4 Å². The van der Waals surface area contributed by atoms with Gasteiger partial charge in [-0.2, -0.15) is 0 Å². The van der Waals surface area contributed by atoms with E-state index >= 15 is 0 Å². The molecule has 1 heterocycles. The number of carbonyl (C=O) groups is 1. The minimum absolute atomic E-state index is 0.170. The Balaban J connectivity index is 2.17. The first-order chi connectivity index (χ1) is 10.1. The van der Waals surface area contributed by atoms with Crippen molar-refractivity contribution in [3.63, 3.8) is 0 Å². The first-order valence-electron chi connectivity index (χ1n) is 6.78. The second-order valence-corrected chi connectivity index (χ2v) is 5.05. The molecule has 0 unspecified atom stereocenters. The number of anilines is 1. The minimum atomic E-state index is -0.247. The summed E-state index contributed by atoms with van der Waals surface area (Å²) < 4.78 is 0. The van der Waals surface area contributed by atoms with E-state index in [1.54, 1.807) is 24.3 Å². The summed E-state index contributed by atoms with van der Waals surface area (Å²) in [6, 6.07) is 7.11. The lowest BCUT2D eigenvalue weighted by Crippen LogP contribution is -2.25. The van der Waals surface area contributed by atoms with Gasteiger partial charge in [0.15, 0.2) is 5.82 Å². The van der Waals surface area contributed by atoms with Gasteiger partial charge in [0.05, 0.1) is 5.56 Å². The molecule has 0 atom stereocenters. The smallest absolute Gasteiger partial charge is 0.256 e. The first kappa shape index (κ1) is 15.3. The Morgan fingerprint density at radius 3 is 2.67 bits per heavy atom. The molecular weight excluding hydrogens is 288 g/mol. The zero-order chi connectivity index (χ0) is 15.2. The molecule has 5 nitrogen and oxygen atoms in total. The molecule has 6 heteroatoms. The Labute approximate surface area is 128 Å². The summed E-state index contributed by atoms with van der Waals surface area (Å²) in [6.07, 6.45) is 3.39. The van der Waals surface area contributed by atoms with Crippen LogP contribution in [0.3, 0.4) is 0 Å². The summed E-state index contributed by atoms with van der Waals surface area (Å²) in [6.45, 7) is 2.68. The van der Waals surface area contributed by atoms with Gasteiger partial charge < -0.3 is 11.1 Å². The van der Waals surface area contributed by atoms with Crippen LogP contribution in [0.5, 0.6) is 0 Å². The van der Waals surface area contributed by atoms with E-state index in [1.165, 1.54) is 6.20 Å². The van der Waals surface area contributed by atoms with Gasteiger partial charge >= 0.3 is 0 Å². The van der Waals surface area contributed by atoms with Crippen LogP contribution < -0.4 is 11.1 Å². The van der Waals surface area contributed by atoms with Gasteiger partial charge in [-0.3, -0.25) is 4.79 Å². The zero-order valence-corrected chi connectivity index (χ0v) is 12.5. The molecule has 1 amide bonds. The van der Waals surface area contributed by atoms with E-state index in [4.69, 9.17) is 17.3 Å². The molecule has 21 heavy (non-hydrogen) atoms. The number of rotatable bonds is 5. The lowest BCUT2D eigenvalue weighted by Gasteiger charge is -2.07. The third-order valence-electron chi connectivity index (χ3n) is 2.98. The molecule has 0 radical (unpaired) electrons. The van der Waals surface area contributed by atoms with Crippen LogP contribution in [0.4, 0.5) is 5.82 Å². The molecule has 1 aromatic heterocycles. The highest BCUT2D eigenvalue weighted by molar-refractivity contribution is 6.30. The van der Waals surface area contributed by atoms with Crippen LogP contribution in [0.1, 0.15) is 30.1 Å². The maximum atomic E-state index is 11.9. The maximum absolute atomic E-state index is 11.9. The lowest BCUT2D eigenvalue weighted by molar-refractivity contribution is 0.0953. The molecule has 2 aromatic rings. The summed E-state index contributed by atoms with van der Waals surface area (Å²) >= 11 is 5.84. The van der Waals surface area contributed by atoms with Crippen LogP contribution in [0, 0.1) is 0 Å². The van der Waals surface area contributed by atoms with Crippen molar-refractivity contribution >= 4 is 23.3 Å². The Bertz CT molecular complexity index is 628. The van der Waals surface area contributed by atoms with Crippen molar-refractivity contribution in [2.24, 2.45) is 0 Å². The van der Waals surface area contributed by atoms with Gasteiger partial charge in [-0.1, -0.05) is 24.9 Å². The highest BCUT2D eigenvalue weighted by Gasteiger charge is 2.12. The number of amides is 1. The van der Waals surface area contributed by atoms with E-state index < -0.39 is 0 Å². The molecule has 3 N–H and O–H groups in total. The molecule has 0 saturated carbocycles. The van der Waals surface area contributed by atoms with Crippen LogP contribution >= 0.6 is 11.6 Å². The first-order valence-corrected chi connectivity index (χ1v) is 7.16. The standard InChI is InChI=1S/C15H17ClN4O/c1-2-3-8-18-15(21)12-9-19-14(20-13(12)17)10-4-6-11(16)7-5-10/h4-7,9H,2-3,8H2,1H3,(H,18,21)(H2,17,19,20). The third kappa shape index (κ3) is 3.92. The van der Waals surface area contributed by atoms with Gasteiger partial charge in [0.2, 0.25) is 0 Å². The number of benzene rings is 1. The van der Waals surface area contributed by atoms with Crippen molar-refractivity contribution in [3.05, 3.63) is 41.0 Å². The molecule has 0 bridgehead atoms. The maximum Gasteiger partial charge on any atom is 0.256 e. The van der Waals surface area contributed by atoms with Crippen LogP contribution in [0.2, 0.25) is 5.02 Å². The zero-order valence-electron chi connectivity index (χ0n) is 11.8. The molecule has 0 aliphatic heterocycles. The quantitative estimate of drug-likeness (QED) is 0.832. The van der Waals surface area contributed by atoms with Gasteiger partial charge in [-0.05, 0) is 30.7 Å². The number of halogens is 1. The van der Waals surface area contributed by atoms with Crippen molar-refractivity contribution in [1.82, 2.24) is 15.3 Å². The fourth-order valence-corrected chi connectivity index (χ4v) is 1.91. The van der Waals surface area contributed by atoms with Crippen molar-refractivity contribution < 1.29 is 4.79 Å². The van der Waals surface area contributed by atoms with E-state index in [9.17, 15) is 4.79 Å². The molecule has 0 aliphatic rings. The number of nitrogens with zero attached hydrogens (tertiary/aromatic N) is 2. The molecule has 2 rings (SSSR count). The van der Waals surface area contributed by atoms with E-state index in [0.717, 1.165) is 18.4 Å². The van der Waals surface area contributed by atoms with Crippen LogP contribution in [-0.4, -0.2) is 22.4 Å². The number of carbonyl (C=O) groups excluding carboxylic acids is 1. The lowest BCUT2D eigenvalue weighted by atomic mass is 10.2. The summed E-state index contributed by atoms with van der Waals surface area (Å²) in [4.78, 5) is 20.3. The van der Waals surface area contributed by atoms with Crippen LogP contribution in [-0.2, 0) is 0 Å². The number of aromatic nitrogens is 2. The van der Waals surface area contributed by atoms with Crippen molar-refractivity contribution in [1.29, 1.82) is 0 Å². The van der Waals surface area contributed by atoms with Crippen molar-refractivity contribution in [3.8, 4) is 11.4 Å². The molecule has 110 valence electrons. The molecule has 1 aromatic carbocycles. The van der Waals surface area contributed by atoms with E-state index in [0.29, 0.717) is 23.0 Å². The van der Waals surface area contributed by atoms with E-state index in [-0.39, 0.29) is 11.7 Å². The van der Waals surface area contributed by atoms with Crippen molar-refractivity contribution in [2.45, 2.75) is 19.8 Å². The Hall–Kier alpha value is -2.14. The number of nitrogens with two attached hydrogens (primary N) is 1. The summed E-state index contributed by atoms with van der Waals surface area (Å²) in [5.41, 5.74) is 6.95. The predicted molar refractivity (Wildman–Crippen MR) is 84.1 cm³/mol. The molecule has 0 aliphatic carbocycles. The number of hydrogen-bond donors (Lipinski definition) is 2. The Morgan fingerprint density at radius 2 is 2.05 bits per heavy atom. The molecule has 0 fully saturated rings. The molecular formula is C15H17ClN4O.